The molecule has 4 nitrogen and oxygen atoms in total. The van der Waals surface area contributed by atoms with Crippen molar-refractivity contribution in [3.05, 3.63) is 29.8 Å². The Labute approximate surface area is 114 Å². The van der Waals surface area contributed by atoms with Crippen molar-refractivity contribution in [3.8, 4) is 11.8 Å². The summed E-state index contributed by atoms with van der Waals surface area (Å²) in [7, 11) is 0. The van der Waals surface area contributed by atoms with Gasteiger partial charge in [0.2, 0.25) is 0 Å². The highest BCUT2D eigenvalue weighted by Crippen LogP contribution is 2.26. The quantitative estimate of drug-likeness (QED) is 0.882. The van der Waals surface area contributed by atoms with E-state index in [0.29, 0.717) is 6.54 Å². The molecule has 1 saturated heterocycles. The average molecular weight is 260 g/mol. The highest BCUT2D eigenvalue weighted by molar-refractivity contribution is 5.33. The summed E-state index contributed by atoms with van der Waals surface area (Å²) in [6, 6.07) is 9.80. The molecule has 1 aromatic rings. The first-order valence-corrected chi connectivity index (χ1v) is 6.60. The molecule has 0 spiro atoms. The summed E-state index contributed by atoms with van der Waals surface area (Å²) in [5.74, 6) is 0.770. The van der Waals surface area contributed by atoms with Gasteiger partial charge < -0.3 is 14.8 Å². The predicted octanol–water partition coefficient (Wildman–Crippen LogP) is 2.25. The minimum Gasteiger partial charge on any atom is -0.478 e. The summed E-state index contributed by atoms with van der Waals surface area (Å²) in [5, 5.41) is 12.1. The Morgan fingerprint density at radius 3 is 3.00 bits per heavy atom. The van der Waals surface area contributed by atoms with Gasteiger partial charge in [-0.05, 0) is 26.3 Å². The largest absolute Gasteiger partial charge is 0.478 e. The van der Waals surface area contributed by atoms with E-state index >= 15 is 0 Å². The lowest BCUT2D eigenvalue weighted by Gasteiger charge is -2.29. The van der Waals surface area contributed by atoms with Crippen molar-refractivity contribution in [3.63, 3.8) is 0 Å². The lowest BCUT2D eigenvalue weighted by Crippen LogP contribution is -2.47. The van der Waals surface area contributed by atoms with E-state index in [9.17, 15) is 0 Å². The zero-order valence-electron chi connectivity index (χ0n) is 11.5. The fraction of sp³-hybridized carbons (Fsp3) is 0.533. The van der Waals surface area contributed by atoms with Crippen LogP contribution in [0.4, 0.5) is 0 Å². The molecule has 0 saturated carbocycles. The number of nitrogens with one attached hydrogen (secondary N) is 1. The molecule has 2 atom stereocenters. The van der Waals surface area contributed by atoms with Crippen LogP contribution in [0.15, 0.2) is 24.3 Å². The highest BCUT2D eigenvalue weighted by atomic mass is 16.5. The number of para-hydroxylation sites is 1. The van der Waals surface area contributed by atoms with Gasteiger partial charge in [-0.2, -0.15) is 5.26 Å². The van der Waals surface area contributed by atoms with Crippen molar-refractivity contribution >= 4 is 0 Å². The van der Waals surface area contributed by atoms with Crippen LogP contribution in [0.25, 0.3) is 0 Å². The van der Waals surface area contributed by atoms with Crippen LogP contribution in [0.1, 0.15) is 25.8 Å². The minimum absolute atomic E-state index is 0.00232. The molecule has 1 heterocycles. The molecule has 1 N–H and O–H groups in total. The summed E-state index contributed by atoms with van der Waals surface area (Å²) in [5.41, 5.74) is 1.07. The van der Waals surface area contributed by atoms with E-state index in [1.165, 1.54) is 0 Å². The van der Waals surface area contributed by atoms with E-state index in [4.69, 9.17) is 14.7 Å². The maximum Gasteiger partial charge on any atom is 0.174 e. The van der Waals surface area contributed by atoms with Crippen LogP contribution in [-0.4, -0.2) is 24.9 Å². The first-order chi connectivity index (χ1) is 9.15. The highest BCUT2D eigenvalue weighted by Gasteiger charge is 2.36. The average Bonchev–Trinajstić information content (AvgIpc) is 2.75. The van der Waals surface area contributed by atoms with E-state index in [0.717, 1.165) is 24.3 Å². The second-order valence-electron chi connectivity index (χ2n) is 5.09. The van der Waals surface area contributed by atoms with Gasteiger partial charge >= 0.3 is 0 Å². The van der Waals surface area contributed by atoms with Crippen LogP contribution in [0, 0.1) is 11.3 Å². The molecule has 1 aromatic carbocycles. The van der Waals surface area contributed by atoms with Crippen LogP contribution in [0.5, 0.6) is 5.75 Å². The Bertz CT molecular complexity index is 469. The standard InChI is InChI=1S/C15H20N2O2/c1-12-15(2,7-9-18-12)17-11-13-5-3-4-6-14(13)19-10-8-16/h3-6,12,17H,7,9-11H2,1-2H3. The second kappa shape index (κ2) is 6.05. The Morgan fingerprint density at radius 2 is 2.32 bits per heavy atom. The number of nitriles is 1. The van der Waals surface area contributed by atoms with E-state index in [2.05, 4.69) is 19.2 Å². The van der Waals surface area contributed by atoms with E-state index < -0.39 is 0 Å². The second-order valence-corrected chi connectivity index (χ2v) is 5.09. The number of nitrogens with zero attached hydrogens (tertiary/aromatic N) is 1. The van der Waals surface area contributed by atoms with Crippen molar-refractivity contribution in [1.29, 1.82) is 5.26 Å². The molecule has 0 aromatic heterocycles. The third-order valence-electron chi connectivity index (χ3n) is 3.83. The zero-order valence-corrected chi connectivity index (χ0v) is 11.5. The lowest BCUT2D eigenvalue weighted by atomic mass is 9.94. The van der Waals surface area contributed by atoms with Crippen molar-refractivity contribution in [2.75, 3.05) is 13.2 Å². The Kier molecular flexibility index (Phi) is 4.41. The smallest absolute Gasteiger partial charge is 0.174 e. The van der Waals surface area contributed by atoms with Crippen LogP contribution < -0.4 is 10.1 Å². The van der Waals surface area contributed by atoms with Crippen LogP contribution >= 0.6 is 0 Å². The van der Waals surface area contributed by atoms with E-state index in [1.54, 1.807) is 0 Å². The molecular weight excluding hydrogens is 240 g/mol. The predicted molar refractivity (Wildman–Crippen MR) is 72.8 cm³/mol. The molecule has 0 aliphatic carbocycles. The summed E-state index contributed by atoms with van der Waals surface area (Å²) in [6.45, 7) is 5.87. The topological polar surface area (TPSA) is 54.3 Å². The van der Waals surface area contributed by atoms with Gasteiger partial charge in [0.1, 0.15) is 11.8 Å². The van der Waals surface area contributed by atoms with E-state index in [-0.39, 0.29) is 18.2 Å². The molecule has 1 aliphatic heterocycles. The molecular formula is C15H20N2O2. The van der Waals surface area contributed by atoms with Gasteiger partial charge in [0.05, 0.1) is 6.10 Å². The molecule has 2 rings (SSSR count). The number of rotatable bonds is 5. The minimum atomic E-state index is 0.00232. The van der Waals surface area contributed by atoms with Gasteiger partial charge in [-0.25, -0.2) is 0 Å². The van der Waals surface area contributed by atoms with Crippen molar-refractivity contribution in [2.45, 2.75) is 38.5 Å². The van der Waals surface area contributed by atoms with Gasteiger partial charge in [-0.15, -0.1) is 0 Å². The van der Waals surface area contributed by atoms with Crippen molar-refractivity contribution in [2.24, 2.45) is 0 Å². The van der Waals surface area contributed by atoms with Gasteiger partial charge in [0.25, 0.3) is 0 Å². The number of hydrogen-bond acceptors (Lipinski definition) is 4. The first kappa shape index (κ1) is 13.9. The van der Waals surface area contributed by atoms with Gasteiger partial charge in [0, 0.05) is 24.3 Å². The van der Waals surface area contributed by atoms with Crippen LogP contribution in [0.2, 0.25) is 0 Å². The molecule has 2 unspecified atom stereocenters. The van der Waals surface area contributed by atoms with Crippen LogP contribution in [0.3, 0.4) is 0 Å². The lowest BCUT2D eigenvalue weighted by molar-refractivity contribution is 0.0880. The summed E-state index contributed by atoms with van der Waals surface area (Å²) in [4.78, 5) is 0. The third-order valence-corrected chi connectivity index (χ3v) is 3.83. The van der Waals surface area contributed by atoms with Gasteiger partial charge in [0.15, 0.2) is 6.61 Å². The Balaban J connectivity index is 2.01. The molecule has 102 valence electrons. The summed E-state index contributed by atoms with van der Waals surface area (Å²) in [6.07, 6.45) is 1.22. The van der Waals surface area contributed by atoms with E-state index in [1.807, 2.05) is 30.3 Å². The van der Waals surface area contributed by atoms with Crippen molar-refractivity contribution < 1.29 is 9.47 Å². The molecule has 0 bridgehead atoms. The first-order valence-electron chi connectivity index (χ1n) is 6.60. The number of benzene rings is 1. The normalized spacial score (nSPS) is 26.1. The molecule has 1 aliphatic rings. The number of hydrogen-bond donors (Lipinski definition) is 1. The summed E-state index contributed by atoms with van der Waals surface area (Å²) >= 11 is 0. The van der Waals surface area contributed by atoms with Crippen molar-refractivity contribution in [1.82, 2.24) is 5.32 Å². The molecule has 0 amide bonds. The molecule has 19 heavy (non-hydrogen) atoms. The SMILES string of the molecule is CC1OCCC1(C)NCc1ccccc1OCC#N. The Hall–Kier alpha value is -1.57. The third kappa shape index (κ3) is 3.25. The van der Waals surface area contributed by atoms with Crippen LogP contribution in [-0.2, 0) is 11.3 Å². The monoisotopic (exact) mass is 260 g/mol. The molecule has 4 heteroatoms. The maximum atomic E-state index is 8.59. The molecule has 1 fully saturated rings. The van der Waals surface area contributed by atoms with Gasteiger partial charge in [-0.1, -0.05) is 18.2 Å². The fourth-order valence-electron chi connectivity index (χ4n) is 2.26. The Morgan fingerprint density at radius 1 is 1.53 bits per heavy atom. The van der Waals surface area contributed by atoms with Gasteiger partial charge in [-0.3, -0.25) is 0 Å². The summed E-state index contributed by atoms with van der Waals surface area (Å²) < 4.78 is 11.0. The fourth-order valence-corrected chi connectivity index (χ4v) is 2.26. The molecule has 0 radical (unpaired) electrons. The zero-order chi connectivity index (χ0) is 13.7. The maximum absolute atomic E-state index is 8.59. The number of ether oxygens (including phenoxy) is 2.